The molecule has 0 rings (SSSR count). The molecule has 0 aliphatic carbocycles. The zero-order valence-electron chi connectivity index (χ0n) is 8.93. The van der Waals surface area contributed by atoms with Crippen LogP contribution in [0.5, 0.6) is 0 Å². The number of allylic oxidation sites excluding steroid dienone is 2. The molecular formula is C11H16O4. The molecule has 0 radical (unpaired) electrons. The molecule has 0 amide bonds. The minimum Gasteiger partial charge on any atom is -0.478 e. The van der Waals surface area contributed by atoms with Gasteiger partial charge in [0.25, 0.3) is 0 Å². The molecule has 0 bridgehead atoms. The summed E-state index contributed by atoms with van der Waals surface area (Å²) in [6.45, 7) is 3.90. The fourth-order valence-electron chi connectivity index (χ4n) is 1.04. The Bertz CT molecular complexity index is 259. The highest BCUT2D eigenvalue weighted by molar-refractivity contribution is 5.80. The largest absolute Gasteiger partial charge is 0.478 e. The summed E-state index contributed by atoms with van der Waals surface area (Å²) in [6.07, 6.45) is 6.56. The van der Waals surface area contributed by atoms with E-state index in [9.17, 15) is 9.59 Å². The van der Waals surface area contributed by atoms with Crippen LogP contribution in [0, 0.1) is 5.41 Å². The summed E-state index contributed by atoms with van der Waals surface area (Å²) in [5.74, 6) is -1.93. The summed E-state index contributed by atoms with van der Waals surface area (Å²) < 4.78 is 0. The molecular weight excluding hydrogens is 196 g/mol. The summed E-state index contributed by atoms with van der Waals surface area (Å²) in [5, 5.41) is 16.8. The number of aliphatic carboxylic acids is 2. The van der Waals surface area contributed by atoms with Gasteiger partial charge < -0.3 is 10.2 Å². The van der Waals surface area contributed by atoms with E-state index in [2.05, 4.69) is 0 Å². The molecule has 0 saturated carbocycles. The molecule has 15 heavy (non-hydrogen) atoms. The van der Waals surface area contributed by atoms with Gasteiger partial charge in [0.05, 0.1) is 0 Å². The van der Waals surface area contributed by atoms with Crippen LogP contribution in [-0.2, 0) is 9.59 Å². The Balaban J connectivity index is 4.07. The molecule has 0 heterocycles. The fourth-order valence-corrected chi connectivity index (χ4v) is 1.04. The van der Waals surface area contributed by atoms with E-state index < -0.39 is 11.9 Å². The van der Waals surface area contributed by atoms with Crippen molar-refractivity contribution in [3.63, 3.8) is 0 Å². The molecule has 0 spiro atoms. The Kier molecular flexibility index (Phi) is 5.37. The molecule has 84 valence electrons. The van der Waals surface area contributed by atoms with Crippen molar-refractivity contribution >= 4 is 11.9 Å². The van der Waals surface area contributed by atoms with Crippen LogP contribution in [0.4, 0.5) is 0 Å². The van der Waals surface area contributed by atoms with E-state index in [1.54, 1.807) is 12.2 Å². The van der Waals surface area contributed by atoms with Crippen LogP contribution in [0.1, 0.15) is 26.7 Å². The summed E-state index contributed by atoms with van der Waals surface area (Å²) in [6, 6.07) is 0. The van der Waals surface area contributed by atoms with E-state index in [1.165, 1.54) is 0 Å². The third-order valence-corrected chi connectivity index (χ3v) is 1.86. The van der Waals surface area contributed by atoms with Crippen LogP contribution < -0.4 is 0 Å². The van der Waals surface area contributed by atoms with E-state index in [0.717, 1.165) is 12.2 Å². The van der Waals surface area contributed by atoms with E-state index >= 15 is 0 Å². The Morgan fingerprint density at radius 2 is 1.33 bits per heavy atom. The van der Waals surface area contributed by atoms with Gasteiger partial charge in [0.2, 0.25) is 0 Å². The second kappa shape index (κ2) is 6.01. The van der Waals surface area contributed by atoms with Gasteiger partial charge in [-0.15, -0.1) is 0 Å². The molecule has 0 fully saturated rings. The SMILES string of the molecule is CC(C)(C/C=C/C(=O)O)C/C=C/C(=O)O. The Labute approximate surface area is 88.9 Å². The highest BCUT2D eigenvalue weighted by Gasteiger charge is 2.14. The second-order valence-corrected chi connectivity index (χ2v) is 4.05. The van der Waals surface area contributed by atoms with Gasteiger partial charge in [0, 0.05) is 12.2 Å². The average molecular weight is 212 g/mol. The van der Waals surface area contributed by atoms with E-state index in [0.29, 0.717) is 12.8 Å². The van der Waals surface area contributed by atoms with Gasteiger partial charge >= 0.3 is 11.9 Å². The third kappa shape index (κ3) is 8.74. The van der Waals surface area contributed by atoms with Gasteiger partial charge in [0.1, 0.15) is 0 Å². The lowest BCUT2D eigenvalue weighted by molar-refractivity contribution is -0.132. The highest BCUT2D eigenvalue weighted by Crippen LogP contribution is 2.25. The lowest BCUT2D eigenvalue weighted by Crippen LogP contribution is -2.08. The number of hydrogen-bond donors (Lipinski definition) is 2. The topological polar surface area (TPSA) is 74.6 Å². The molecule has 0 aliphatic rings. The zero-order chi connectivity index (χ0) is 11.9. The predicted octanol–water partition coefficient (Wildman–Crippen LogP) is 2.07. The maximum atomic E-state index is 10.2. The monoisotopic (exact) mass is 212 g/mol. The molecule has 0 aromatic rings. The minimum atomic E-state index is -0.966. The summed E-state index contributed by atoms with van der Waals surface area (Å²) >= 11 is 0. The van der Waals surface area contributed by atoms with Gasteiger partial charge in [-0.2, -0.15) is 0 Å². The molecule has 0 atom stereocenters. The van der Waals surface area contributed by atoms with Crippen molar-refractivity contribution in [2.45, 2.75) is 26.7 Å². The summed E-state index contributed by atoms with van der Waals surface area (Å²) in [5.41, 5.74) is -0.127. The molecule has 0 unspecified atom stereocenters. The van der Waals surface area contributed by atoms with Crippen LogP contribution in [0.25, 0.3) is 0 Å². The van der Waals surface area contributed by atoms with E-state index in [1.807, 2.05) is 13.8 Å². The number of carboxylic acids is 2. The van der Waals surface area contributed by atoms with Crippen molar-refractivity contribution in [2.24, 2.45) is 5.41 Å². The molecule has 4 heteroatoms. The quantitative estimate of drug-likeness (QED) is 0.661. The van der Waals surface area contributed by atoms with Crippen LogP contribution >= 0.6 is 0 Å². The van der Waals surface area contributed by atoms with Crippen LogP contribution in [0.15, 0.2) is 24.3 Å². The number of carboxylic acid groups (broad SMARTS) is 2. The van der Waals surface area contributed by atoms with Gasteiger partial charge in [-0.25, -0.2) is 9.59 Å². The highest BCUT2D eigenvalue weighted by atomic mass is 16.4. The molecule has 2 N–H and O–H groups in total. The van der Waals surface area contributed by atoms with Gasteiger partial charge in [-0.3, -0.25) is 0 Å². The van der Waals surface area contributed by atoms with Crippen molar-refractivity contribution < 1.29 is 19.8 Å². The van der Waals surface area contributed by atoms with Crippen molar-refractivity contribution in [1.29, 1.82) is 0 Å². The molecule has 0 saturated heterocycles. The third-order valence-electron chi connectivity index (χ3n) is 1.86. The Morgan fingerprint density at radius 3 is 1.60 bits per heavy atom. The summed E-state index contributed by atoms with van der Waals surface area (Å²) in [4.78, 5) is 20.4. The van der Waals surface area contributed by atoms with Gasteiger partial charge in [-0.05, 0) is 18.3 Å². The Morgan fingerprint density at radius 1 is 1.00 bits per heavy atom. The standard InChI is InChI=1S/C11H16O4/c1-11(2,7-3-5-9(12)13)8-4-6-10(14)15/h3-6H,7-8H2,1-2H3,(H,12,13)(H,14,15)/b5-3+,6-4+. The van der Waals surface area contributed by atoms with Crippen molar-refractivity contribution in [1.82, 2.24) is 0 Å². The van der Waals surface area contributed by atoms with Crippen LogP contribution in [0.3, 0.4) is 0 Å². The number of carbonyl (C=O) groups is 2. The van der Waals surface area contributed by atoms with Crippen molar-refractivity contribution in [2.75, 3.05) is 0 Å². The second-order valence-electron chi connectivity index (χ2n) is 4.05. The molecule has 0 aromatic heterocycles. The van der Waals surface area contributed by atoms with Crippen molar-refractivity contribution in [3.8, 4) is 0 Å². The average Bonchev–Trinajstić information content (AvgIpc) is 2.01. The van der Waals surface area contributed by atoms with Crippen LogP contribution in [-0.4, -0.2) is 22.2 Å². The molecule has 0 aromatic carbocycles. The maximum Gasteiger partial charge on any atom is 0.327 e. The minimum absolute atomic E-state index is 0.127. The number of hydrogen-bond acceptors (Lipinski definition) is 2. The van der Waals surface area contributed by atoms with Crippen molar-refractivity contribution in [3.05, 3.63) is 24.3 Å². The van der Waals surface area contributed by atoms with Gasteiger partial charge in [-0.1, -0.05) is 26.0 Å². The zero-order valence-corrected chi connectivity index (χ0v) is 8.93. The van der Waals surface area contributed by atoms with E-state index in [-0.39, 0.29) is 5.41 Å². The van der Waals surface area contributed by atoms with Crippen LogP contribution in [0.2, 0.25) is 0 Å². The predicted molar refractivity (Wildman–Crippen MR) is 56.6 cm³/mol. The lowest BCUT2D eigenvalue weighted by atomic mass is 9.85. The fraction of sp³-hybridized carbons (Fsp3) is 0.455. The maximum absolute atomic E-state index is 10.2. The van der Waals surface area contributed by atoms with E-state index in [4.69, 9.17) is 10.2 Å². The first-order chi connectivity index (χ1) is 6.83. The van der Waals surface area contributed by atoms with Gasteiger partial charge in [0.15, 0.2) is 0 Å². The smallest absolute Gasteiger partial charge is 0.327 e. The summed E-state index contributed by atoms with van der Waals surface area (Å²) in [7, 11) is 0. The molecule has 0 aliphatic heterocycles. The first-order valence-corrected chi connectivity index (χ1v) is 4.62. The normalized spacial score (nSPS) is 12.4. The first kappa shape index (κ1) is 13.4. The lowest BCUT2D eigenvalue weighted by Gasteiger charge is -2.20. The molecule has 4 nitrogen and oxygen atoms in total. The number of rotatable bonds is 6. The first-order valence-electron chi connectivity index (χ1n) is 4.62. The Hall–Kier alpha value is -1.58.